The number of nitrogens with zero attached hydrogens (tertiary/aromatic N) is 5. The lowest BCUT2D eigenvalue weighted by Crippen LogP contribution is -2.35. The van der Waals surface area contributed by atoms with Crippen LogP contribution in [0.5, 0.6) is 0 Å². The highest BCUT2D eigenvalue weighted by molar-refractivity contribution is 6.31. The predicted octanol–water partition coefficient (Wildman–Crippen LogP) is 5.22. The van der Waals surface area contributed by atoms with Gasteiger partial charge in [-0.05, 0) is 96.6 Å². The van der Waals surface area contributed by atoms with Crippen molar-refractivity contribution in [2.75, 3.05) is 19.6 Å². The first-order valence-corrected chi connectivity index (χ1v) is 12.5. The maximum Gasteiger partial charge on any atom is 0.453 e. The molecule has 1 saturated heterocycles. The van der Waals surface area contributed by atoms with E-state index >= 15 is 0 Å². The van der Waals surface area contributed by atoms with E-state index in [9.17, 15) is 17.6 Å². The van der Waals surface area contributed by atoms with Gasteiger partial charge >= 0.3 is 6.18 Å². The minimum atomic E-state index is -4.68. The third kappa shape index (κ3) is 5.40. The van der Waals surface area contributed by atoms with Crippen molar-refractivity contribution in [3.8, 4) is 5.69 Å². The molecule has 1 saturated carbocycles. The van der Waals surface area contributed by atoms with Crippen LogP contribution in [0.15, 0.2) is 42.5 Å². The molecule has 3 unspecified atom stereocenters. The molecule has 0 radical (unpaired) electrons. The van der Waals surface area contributed by atoms with E-state index in [0.717, 1.165) is 38.0 Å². The van der Waals surface area contributed by atoms with Crippen LogP contribution in [0, 0.1) is 11.7 Å². The SMILES string of the molecule is Fc1ccc(C2C(CN3CCCC3)CCC2NCc2cc(-n3nnnc3C(F)(F)F)ccc2Cl)cc1. The highest BCUT2D eigenvalue weighted by atomic mass is 35.5. The summed E-state index contributed by atoms with van der Waals surface area (Å²) in [6, 6.07) is 11.4. The largest absolute Gasteiger partial charge is 0.453 e. The second-order valence-electron chi connectivity index (χ2n) is 9.60. The van der Waals surface area contributed by atoms with Crippen molar-refractivity contribution in [1.82, 2.24) is 30.4 Å². The molecule has 3 aromatic rings. The van der Waals surface area contributed by atoms with Gasteiger partial charge < -0.3 is 10.2 Å². The highest BCUT2D eigenvalue weighted by Crippen LogP contribution is 2.41. The fourth-order valence-electron chi connectivity index (χ4n) is 5.61. The Morgan fingerprint density at radius 1 is 1.03 bits per heavy atom. The zero-order chi connectivity index (χ0) is 25.3. The van der Waals surface area contributed by atoms with E-state index in [1.54, 1.807) is 12.1 Å². The lowest BCUT2D eigenvalue weighted by Gasteiger charge is -2.29. The Bertz CT molecular complexity index is 1180. The first kappa shape index (κ1) is 25.1. The third-order valence-electron chi connectivity index (χ3n) is 7.29. The van der Waals surface area contributed by atoms with Crippen LogP contribution in [-0.2, 0) is 12.7 Å². The first-order chi connectivity index (χ1) is 17.3. The number of tetrazole rings is 1. The Morgan fingerprint density at radius 2 is 1.78 bits per heavy atom. The van der Waals surface area contributed by atoms with Crippen LogP contribution in [0.1, 0.15) is 48.6 Å². The third-order valence-corrected chi connectivity index (χ3v) is 7.66. The minimum Gasteiger partial charge on any atom is -0.309 e. The van der Waals surface area contributed by atoms with Crippen molar-refractivity contribution < 1.29 is 17.6 Å². The van der Waals surface area contributed by atoms with E-state index < -0.39 is 12.0 Å². The van der Waals surface area contributed by atoms with E-state index in [-0.39, 0.29) is 23.5 Å². The molecule has 5 rings (SSSR count). The molecule has 36 heavy (non-hydrogen) atoms. The molecule has 0 amide bonds. The molecule has 192 valence electrons. The lowest BCUT2D eigenvalue weighted by atomic mass is 9.86. The molecule has 1 aliphatic carbocycles. The van der Waals surface area contributed by atoms with E-state index in [1.807, 2.05) is 12.1 Å². The fraction of sp³-hybridized carbons (Fsp3) is 0.480. The Morgan fingerprint density at radius 3 is 2.50 bits per heavy atom. The summed E-state index contributed by atoms with van der Waals surface area (Å²) < 4.78 is 54.2. The van der Waals surface area contributed by atoms with Gasteiger partial charge in [-0.2, -0.15) is 17.9 Å². The van der Waals surface area contributed by atoms with Crippen molar-refractivity contribution in [2.24, 2.45) is 5.92 Å². The molecular weight excluding hydrogens is 496 g/mol. The number of halogens is 5. The van der Waals surface area contributed by atoms with Gasteiger partial charge in [-0.15, -0.1) is 5.10 Å². The van der Waals surface area contributed by atoms with Crippen molar-refractivity contribution >= 4 is 11.6 Å². The second-order valence-corrected chi connectivity index (χ2v) is 10.0. The van der Waals surface area contributed by atoms with Gasteiger partial charge in [-0.25, -0.2) is 4.39 Å². The van der Waals surface area contributed by atoms with Crippen molar-refractivity contribution in [2.45, 2.75) is 50.4 Å². The Hall–Kier alpha value is -2.56. The number of benzene rings is 2. The van der Waals surface area contributed by atoms with Crippen molar-refractivity contribution in [3.05, 3.63) is 70.3 Å². The summed E-state index contributed by atoms with van der Waals surface area (Å²) in [6.07, 6.45) is -0.242. The average molecular weight is 523 g/mol. The van der Waals surface area contributed by atoms with Crippen molar-refractivity contribution in [1.29, 1.82) is 0 Å². The molecule has 1 aliphatic heterocycles. The maximum atomic E-state index is 13.6. The van der Waals surface area contributed by atoms with Gasteiger partial charge in [0.1, 0.15) is 5.82 Å². The number of aromatic nitrogens is 4. The number of rotatable bonds is 7. The van der Waals surface area contributed by atoms with Crippen LogP contribution < -0.4 is 5.32 Å². The standard InChI is InChI=1S/C25H27ClF4N6/c26-21-9-8-20(36-24(25(28,29)30)32-33-34-36)13-18(21)14-31-22-10-5-17(15-35-11-1-2-12-35)23(22)16-3-6-19(27)7-4-16/h3-4,6-9,13,17,22-23,31H,1-2,5,10-12,14-15H2. The molecule has 2 fully saturated rings. The Balaban J connectivity index is 1.35. The summed E-state index contributed by atoms with van der Waals surface area (Å²) in [4.78, 5) is 2.51. The molecule has 6 nitrogen and oxygen atoms in total. The number of hydrogen-bond acceptors (Lipinski definition) is 5. The summed E-state index contributed by atoms with van der Waals surface area (Å²) in [7, 11) is 0. The van der Waals surface area contributed by atoms with Crippen LogP contribution in [-0.4, -0.2) is 50.8 Å². The van der Waals surface area contributed by atoms with Crippen molar-refractivity contribution in [3.63, 3.8) is 0 Å². The zero-order valence-electron chi connectivity index (χ0n) is 19.6. The fourth-order valence-corrected chi connectivity index (χ4v) is 5.79. The molecule has 1 N–H and O–H groups in total. The Labute approximate surface area is 211 Å². The van der Waals surface area contributed by atoms with Gasteiger partial charge in [0, 0.05) is 30.1 Å². The zero-order valence-corrected chi connectivity index (χ0v) is 20.3. The maximum absolute atomic E-state index is 13.6. The molecule has 1 aromatic heterocycles. The van der Waals surface area contributed by atoms with E-state index in [4.69, 9.17) is 11.6 Å². The molecule has 2 heterocycles. The van der Waals surface area contributed by atoms with E-state index in [1.165, 1.54) is 31.0 Å². The smallest absolute Gasteiger partial charge is 0.309 e. The van der Waals surface area contributed by atoms with E-state index in [2.05, 4.69) is 25.7 Å². The summed E-state index contributed by atoms with van der Waals surface area (Å²) in [5.74, 6) is -0.824. The quantitative estimate of drug-likeness (QED) is 0.431. The van der Waals surface area contributed by atoms with Gasteiger partial charge in [0.25, 0.3) is 5.82 Å². The van der Waals surface area contributed by atoms with Crippen LogP contribution in [0.4, 0.5) is 17.6 Å². The van der Waals surface area contributed by atoms with Gasteiger partial charge in [0.05, 0.1) is 5.69 Å². The number of hydrogen-bond donors (Lipinski definition) is 1. The Kier molecular flexibility index (Phi) is 7.28. The monoisotopic (exact) mass is 522 g/mol. The number of alkyl halides is 3. The van der Waals surface area contributed by atoms with Gasteiger partial charge in [0.15, 0.2) is 0 Å². The van der Waals surface area contributed by atoms with Gasteiger partial charge in [-0.3, -0.25) is 0 Å². The van der Waals surface area contributed by atoms with Crippen LogP contribution in [0.2, 0.25) is 5.02 Å². The molecule has 2 aliphatic rings. The molecule has 0 bridgehead atoms. The minimum absolute atomic E-state index is 0.126. The highest BCUT2D eigenvalue weighted by Gasteiger charge is 2.39. The normalized spacial score (nSPS) is 23.0. The topological polar surface area (TPSA) is 58.9 Å². The summed E-state index contributed by atoms with van der Waals surface area (Å²) in [5.41, 5.74) is 1.93. The summed E-state index contributed by atoms with van der Waals surface area (Å²) in [5, 5.41) is 13.9. The molecule has 11 heteroatoms. The average Bonchev–Trinajstić information content (AvgIpc) is 3.61. The van der Waals surface area contributed by atoms with E-state index in [0.29, 0.717) is 27.7 Å². The molecule has 3 atom stereocenters. The van der Waals surface area contributed by atoms with Crippen LogP contribution >= 0.6 is 11.6 Å². The number of nitrogens with one attached hydrogen (secondary N) is 1. The van der Waals surface area contributed by atoms with Gasteiger partial charge in [-0.1, -0.05) is 23.7 Å². The summed E-state index contributed by atoms with van der Waals surface area (Å²) >= 11 is 6.41. The first-order valence-electron chi connectivity index (χ1n) is 12.1. The molecule has 2 aromatic carbocycles. The second kappa shape index (κ2) is 10.4. The van der Waals surface area contributed by atoms with Crippen LogP contribution in [0.25, 0.3) is 5.69 Å². The van der Waals surface area contributed by atoms with Gasteiger partial charge in [0.2, 0.25) is 0 Å². The predicted molar refractivity (Wildman–Crippen MR) is 127 cm³/mol. The molecule has 0 spiro atoms. The number of likely N-dealkylation sites (tertiary alicyclic amines) is 1. The van der Waals surface area contributed by atoms with Crippen LogP contribution in [0.3, 0.4) is 0 Å². The summed E-state index contributed by atoms with van der Waals surface area (Å²) in [6.45, 7) is 3.61. The molecular formula is C25H27ClF4N6. The lowest BCUT2D eigenvalue weighted by molar-refractivity contribution is -0.146.